The van der Waals surface area contributed by atoms with Gasteiger partial charge in [0.2, 0.25) is 0 Å². The summed E-state index contributed by atoms with van der Waals surface area (Å²) in [5, 5.41) is 5.81. The average molecular weight is 284 g/mol. The lowest BCUT2D eigenvalue weighted by Crippen LogP contribution is -2.21. The summed E-state index contributed by atoms with van der Waals surface area (Å²) in [5.74, 6) is 0.0534. The van der Waals surface area contributed by atoms with E-state index in [9.17, 15) is 8.42 Å². The molecule has 7 heteroatoms. The Morgan fingerprint density at radius 3 is 2.68 bits per heavy atom. The van der Waals surface area contributed by atoms with E-state index < -0.39 is 9.84 Å². The maximum absolute atomic E-state index is 12.0. The third kappa shape index (κ3) is 3.74. The number of nitrogens with two attached hydrogens (primary N) is 1. The molecule has 0 aliphatic rings. The van der Waals surface area contributed by atoms with Crippen LogP contribution in [0.2, 0.25) is 0 Å². The van der Waals surface area contributed by atoms with E-state index >= 15 is 0 Å². The Labute approximate surface area is 114 Å². The lowest BCUT2D eigenvalue weighted by Gasteiger charge is -2.12. The molecule has 2 N–H and O–H groups in total. The molecule has 106 valence electrons. The van der Waals surface area contributed by atoms with E-state index in [1.165, 1.54) is 0 Å². The molecule has 0 bridgehead atoms. The Morgan fingerprint density at radius 1 is 1.53 bits per heavy atom. The van der Waals surface area contributed by atoms with E-state index in [4.69, 9.17) is 5.73 Å². The minimum absolute atomic E-state index is 0.0534. The summed E-state index contributed by atoms with van der Waals surface area (Å²) in [7, 11) is -1.53. The van der Waals surface area contributed by atoms with Gasteiger partial charge < -0.3 is 5.73 Å². The van der Waals surface area contributed by atoms with Crippen molar-refractivity contribution < 1.29 is 8.42 Å². The molecule has 1 aromatic heterocycles. The maximum Gasteiger partial charge on any atom is 0.179 e. The van der Waals surface area contributed by atoms with Crippen LogP contribution in [0, 0.1) is 6.92 Å². The van der Waals surface area contributed by atoms with Crippen LogP contribution in [-0.2, 0) is 9.84 Å². The second kappa shape index (κ2) is 6.12. The summed E-state index contributed by atoms with van der Waals surface area (Å²) in [4.78, 5) is 4.40. The van der Waals surface area contributed by atoms with Gasteiger partial charge in [-0.25, -0.2) is 8.42 Å². The van der Waals surface area contributed by atoms with Crippen LogP contribution in [0.5, 0.6) is 0 Å². The van der Waals surface area contributed by atoms with Crippen molar-refractivity contribution in [2.24, 2.45) is 10.8 Å². The predicted molar refractivity (Wildman–Crippen MR) is 75.7 cm³/mol. The molecule has 1 rings (SSSR count). The molecule has 0 saturated heterocycles. The second-order valence-corrected chi connectivity index (χ2v) is 6.48. The number of aromatic nitrogens is 1. The van der Waals surface area contributed by atoms with Crippen molar-refractivity contribution in [3.05, 3.63) is 23.5 Å². The van der Waals surface area contributed by atoms with Gasteiger partial charge in [0.1, 0.15) is 0 Å². The highest BCUT2D eigenvalue weighted by molar-refractivity contribution is 7.91. The standard InChI is InChI=1S/C12H20N4O2S/c1-5-19(17,18)12-6-11(7-14-10(12)3)9(2)15-16(4)8-13/h6-7H,5,8,13H2,1-4H3/b15-9+. The molecule has 0 radical (unpaired) electrons. The quantitative estimate of drug-likeness (QED) is 0.490. The van der Waals surface area contributed by atoms with Crippen molar-refractivity contribution in [3.63, 3.8) is 0 Å². The molecule has 0 spiro atoms. The smallest absolute Gasteiger partial charge is 0.179 e. The summed E-state index contributed by atoms with van der Waals surface area (Å²) >= 11 is 0. The largest absolute Gasteiger partial charge is 0.313 e. The SMILES string of the molecule is CCS(=O)(=O)c1cc(/C(C)=N/N(C)CN)cnc1C. The zero-order valence-corrected chi connectivity index (χ0v) is 12.5. The number of hydrazone groups is 1. The highest BCUT2D eigenvalue weighted by atomic mass is 32.2. The van der Waals surface area contributed by atoms with Crippen LogP contribution in [0.3, 0.4) is 0 Å². The first-order valence-corrected chi connectivity index (χ1v) is 7.63. The lowest BCUT2D eigenvalue weighted by atomic mass is 10.2. The summed E-state index contributed by atoms with van der Waals surface area (Å²) in [6.07, 6.45) is 1.62. The Kier molecular flexibility index (Phi) is 5.02. The van der Waals surface area contributed by atoms with E-state index in [2.05, 4.69) is 10.1 Å². The van der Waals surface area contributed by atoms with E-state index in [1.807, 2.05) is 0 Å². The van der Waals surface area contributed by atoms with Crippen LogP contribution in [0.1, 0.15) is 25.1 Å². The normalized spacial score (nSPS) is 12.6. The van der Waals surface area contributed by atoms with Gasteiger partial charge in [-0.3, -0.25) is 9.99 Å². The third-order valence-corrected chi connectivity index (χ3v) is 4.60. The van der Waals surface area contributed by atoms with Crippen molar-refractivity contribution in [1.82, 2.24) is 9.99 Å². The third-order valence-electron chi connectivity index (χ3n) is 2.76. The minimum Gasteiger partial charge on any atom is -0.313 e. The second-order valence-electron chi connectivity index (χ2n) is 4.24. The van der Waals surface area contributed by atoms with Gasteiger partial charge in [0.25, 0.3) is 0 Å². The van der Waals surface area contributed by atoms with Crippen molar-refractivity contribution in [2.75, 3.05) is 19.5 Å². The molecule has 1 heterocycles. The molecular weight excluding hydrogens is 264 g/mol. The Bertz CT molecular complexity index is 581. The Balaban J connectivity index is 3.28. The van der Waals surface area contributed by atoms with Crippen molar-refractivity contribution >= 4 is 15.5 Å². The number of aryl methyl sites for hydroxylation is 1. The van der Waals surface area contributed by atoms with Gasteiger partial charge >= 0.3 is 0 Å². The van der Waals surface area contributed by atoms with Crippen LogP contribution in [0.15, 0.2) is 22.3 Å². The summed E-state index contributed by atoms with van der Waals surface area (Å²) in [6, 6.07) is 1.62. The molecule has 0 aromatic carbocycles. The Morgan fingerprint density at radius 2 is 2.16 bits per heavy atom. The van der Waals surface area contributed by atoms with Gasteiger partial charge in [-0.05, 0) is 19.9 Å². The molecule has 0 aliphatic carbocycles. The van der Waals surface area contributed by atoms with E-state index in [-0.39, 0.29) is 17.3 Å². The van der Waals surface area contributed by atoms with Crippen LogP contribution < -0.4 is 5.73 Å². The first-order valence-electron chi connectivity index (χ1n) is 5.98. The van der Waals surface area contributed by atoms with Crippen molar-refractivity contribution in [2.45, 2.75) is 25.7 Å². The fourth-order valence-corrected chi connectivity index (χ4v) is 2.66. The molecule has 1 aromatic rings. The Hall–Kier alpha value is -1.47. The average Bonchev–Trinajstić information content (AvgIpc) is 2.38. The molecular formula is C12H20N4O2S. The van der Waals surface area contributed by atoms with Gasteiger partial charge in [-0.2, -0.15) is 5.10 Å². The summed E-state index contributed by atoms with van der Waals surface area (Å²) in [6.45, 7) is 5.38. The molecule has 0 atom stereocenters. The first-order chi connectivity index (χ1) is 8.81. The van der Waals surface area contributed by atoms with Crippen LogP contribution >= 0.6 is 0 Å². The summed E-state index contributed by atoms with van der Waals surface area (Å²) in [5.41, 5.74) is 7.31. The molecule has 0 fully saturated rings. The number of rotatable bonds is 5. The van der Waals surface area contributed by atoms with E-state index in [0.717, 1.165) is 0 Å². The fraction of sp³-hybridized carbons (Fsp3) is 0.500. The highest BCUT2D eigenvalue weighted by Gasteiger charge is 2.17. The molecule has 0 aliphatic heterocycles. The maximum atomic E-state index is 12.0. The molecule has 0 unspecified atom stereocenters. The highest BCUT2D eigenvalue weighted by Crippen LogP contribution is 2.17. The van der Waals surface area contributed by atoms with Crippen LogP contribution in [-0.4, -0.2) is 43.6 Å². The number of pyridine rings is 1. The minimum atomic E-state index is -3.27. The van der Waals surface area contributed by atoms with E-state index in [0.29, 0.717) is 17.0 Å². The topological polar surface area (TPSA) is 88.7 Å². The fourth-order valence-electron chi connectivity index (χ4n) is 1.54. The molecule has 6 nitrogen and oxygen atoms in total. The van der Waals surface area contributed by atoms with Gasteiger partial charge in [0, 0.05) is 18.8 Å². The number of hydrogen-bond donors (Lipinski definition) is 1. The molecule has 0 amide bonds. The first kappa shape index (κ1) is 15.6. The number of sulfone groups is 1. The zero-order chi connectivity index (χ0) is 14.6. The predicted octanol–water partition coefficient (Wildman–Crippen LogP) is 0.756. The number of hydrogen-bond acceptors (Lipinski definition) is 6. The summed E-state index contributed by atoms with van der Waals surface area (Å²) < 4.78 is 23.9. The lowest BCUT2D eigenvalue weighted by molar-refractivity contribution is 0.366. The van der Waals surface area contributed by atoms with Gasteiger partial charge in [-0.1, -0.05) is 6.92 Å². The monoisotopic (exact) mass is 284 g/mol. The molecule has 0 saturated carbocycles. The number of nitrogens with zero attached hydrogens (tertiary/aromatic N) is 3. The van der Waals surface area contributed by atoms with Crippen molar-refractivity contribution in [1.29, 1.82) is 0 Å². The van der Waals surface area contributed by atoms with Gasteiger partial charge in [0.15, 0.2) is 9.84 Å². The van der Waals surface area contributed by atoms with Crippen LogP contribution in [0.4, 0.5) is 0 Å². The zero-order valence-electron chi connectivity index (χ0n) is 11.7. The van der Waals surface area contributed by atoms with Crippen LogP contribution in [0.25, 0.3) is 0 Å². The van der Waals surface area contributed by atoms with Gasteiger partial charge in [-0.15, -0.1) is 0 Å². The van der Waals surface area contributed by atoms with Gasteiger partial charge in [0.05, 0.1) is 28.7 Å². The van der Waals surface area contributed by atoms with Crippen molar-refractivity contribution in [3.8, 4) is 0 Å². The molecule has 19 heavy (non-hydrogen) atoms. The van der Waals surface area contributed by atoms with E-state index in [1.54, 1.807) is 45.1 Å².